The average Bonchev–Trinajstić information content (AvgIpc) is 2.85. The van der Waals surface area contributed by atoms with Crippen molar-refractivity contribution in [3.8, 4) is 0 Å². The number of nitrogens with zero attached hydrogens (tertiary/aromatic N) is 1. The van der Waals surface area contributed by atoms with Gasteiger partial charge in [-0.15, -0.1) is 11.3 Å². The van der Waals surface area contributed by atoms with E-state index < -0.39 is 0 Å². The molecule has 100 valence electrons. The van der Waals surface area contributed by atoms with Gasteiger partial charge in [-0.1, -0.05) is 0 Å². The Labute approximate surface area is 119 Å². The first-order valence-corrected chi connectivity index (χ1v) is 6.81. The Kier molecular flexibility index (Phi) is 3.00. The van der Waals surface area contributed by atoms with Gasteiger partial charge in [-0.3, -0.25) is 4.79 Å². The highest BCUT2D eigenvalue weighted by Gasteiger charge is 2.10. The molecule has 0 atom stereocenters. The molecule has 5 nitrogen and oxygen atoms in total. The highest BCUT2D eigenvalue weighted by atomic mass is 32.1. The predicted molar refractivity (Wildman–Crippen MR) is 82.8 cm³/mol. The Morgan fingerprint density at radius 1 is 1.15 bits per heavy atom. The summed E-state index contributed by atoms with van der Waals surface area (Å²) in [6, 6.07) is 10.4. The second-order valence-corrected chi connectivity index (χ2v) is 5.22. The van der Waals surface area contributed by atoms with Crippen LogP contribution in [-0.2, 0) is 0 Å². The molecule has 0 aliphatic carbocycles. The van der Waals surface area contributed by atoms with Crippen molar-refractivity contribution in [2.45, 2.75) is 0 Å². The van der Waals surface area contributed by atoms with E-state index in [0.717, 1.165) is 10.2 Å². The SMILES string of the molecule is Nc1ccc(C(=O)Nc2ccc3ncsc3c2)c(N)c1. The molecule has 1 heterocycles. The number of aromatic nitrogens is 1. The van der Waals surface area contributed by atoms with Crippen molar-refractivity contribution in [1.29, 1.82) is 0 Å². The number of thiazole rings is 1. The molecule has 0 fully saturated rings. The molecule has 0 saturated heterocycles. The highest BCUT2D eigenvalue weighted by Crippen LogP contribution is 2.23. The normalized spacial score (nSPS) is 10.6. The van der Waals surface area contributed by atoms with Gasteiger partial charge in [0, 0.05) is 17.1 Å². The number of nitrogen functional groups attached to an aromatic ring is 2. The summed E-state index contributed by atoms with van der Waals surface area (Å²) >= 11 is 1.53. The van der Waals surface area contributed by atoms with Gasteiger partial charge in [0.15, 0.2) is 0 Å². The van der Waals surface area contributed by atoms with E-state index in [0.29, 0.717) is 22.6 Å². The fourth-order valence-electron chi connectivity index (χ4n) is 1.92. The van der Waals surface area contributed by atoms with E-state index in [1.54, 1.807) is 23.7 Å². The molecule has 0 spiro atoms. The third-order valence-electron chi connectivity index (χ3n) is 2.91. The van der Waals surface area contributed by atoms with Gasteiger partial charge in [0.1, 0.15) is 0 Å². The van der Waals surface area contributed by atoms with Crippen molar-refractivity contribution in [2.75, 3.05) is 16.8 Å². The maximum absolute atomic E-state index is 12.2. The largest absolute Gasteiger partial charge is 0.399 e. The number of carbonyl (C=O) groups excluding carboxylic acids is 1. The summed E-state index contributed by atoms with van der Waals surface area (Å²) in [4.78, 5) is 16.4. The maximum atomic E-state index is 12.2. The number of benzene rings is 2. The second kappa shape index (κ2) is 4.82. The topological polar surface area (TPSA) is 94.0 Å². The van der Waals surface area contributed by atoms with Gasteiger partial charge in [-0.2, -0.15) is 0 Å². The van der Waals surface area contributed by atoms with E-state index in [2.05, 4.69) is 10.3 Å². The predicted octanol–water partition coefficient (Wildman–Crippen LogP) is 2.71. The number of rotatable bonds is 2. The lowest BCUT2D eigenvalue weighted by molar-refractivity contribution is 0.102. The summed E-state index contributed by atoms with van der Waals surface area (Å²) in [5.41, 5.74) is 16.1. The summed E-state index contributed by atoms with van der Waals surface area (Å²) in [7, 11) is 0. The summed E-state index contributed by atoms with van der Waals surface area (Å²) < 4.78 is 1.02. The number of nitrogens with one attached hydrogen (secondary N) is 1. The minimum absolute atomic E-state index is 0.258. The third-order valence-corrected chi connectivity index (χ3v) is 3.70. The summed E-state index contributed by atoms with van der Waals surface area (Å²) in [6.45, 7) is 0. The van der Waals surface area contributed by atoms with Gasteiger partial charge in [-0.25, -0.2) is 4.98 Å². The number of anilines is 3. The Balaban J connectivity index is 1.87. The molecule has 6 heteroatoms. The highest BCUT2D eigenvalue weighted by molar-refractivity contribution is 7.16. The molecular weight excluding hydrogens is 272 g/mol. The fourth-order valence-corrected chi connectivity index (χ4v) is 2.64. The van der Waals surface area contributed by atoms with Gasteiger partial charge in [0.05, 0.1) is 21.3 Å². The molecule has 3 aromatic rings. The standard InChI is InChI=1S/C14H12N4OS/c15-8-1-3-10(11(16)5-8)14(19)18-9-2-4-12-13(6-9)20-7-17-12/h1-7H,15-16H2,(H,18,19). The van der Waals surface area contributed by atoms with Gasteiger partial charge in [0.25, 0.3) is 5.91 Å². The molecule has 2 aromatic carbocycles. The smallest absolute Gasteiger partial charge is 0.257 e. The Bertz CT molecular complexity index is 797. The van der Waals surface area contributed by atoms with Crippen LogP contribution in [0.1, 0.15) is 10.4 Å². The second-order valence-electron chi connectivity index (χ2n) is 4.34. The van der Waals surface area contributed by atoms with Crippen LogP contribution in [0.15, 0.2) is 41.9 Å². The van der Waals surface area contributed by atoms with Gasteiger partial charge in [0.2, 0.25) is 0 Å². The summed E-state index contributed by atoms with van der Waals surface area (Å²) in [6.07, 6.45) is 0. The van der Waals surface area contributed by atoms with Gasteiger partial charge < -0.3 is 16.8 Å². The summed E-state index contributed by atoms with van der Waals surface area (Å²) in [5, 5.41) is 2.82. The molecule has 20 heavy (non-hydrogen) atoms. The fraction of sp³-hybridized carbons (Fsp3) is 0. The van der Waals surface area contributed by atoms with Gasteiger partial charge in [-0.05, 0) is 36.4 Å². The van der Waals surface area contributed by atoms with Crippen molar-refractivity contribution in [3.05, 3.63) is 47.5 Å². The van der Waals surface area contributed by atoms with Crippen molar-refractivity contribution < 1.29 is 4.79 Å². The van der Waals surface area contributed by atoms with E-state index in [1.165, 1.54) is 11.3 Å². The molecule has 0 saturated carbocycles. The van der Waals surface area contributed by atoms with Crippen LogP contribution in [-0.4, -0.2) is 10.9 Å². The summed E-state index contributed by atoms with van der Waals surface area (Å²) in [5.74, 6) is -0.258. The first kappa shape index (κ1) is 12.4. The van der Waals surface area contributed by atoms with Crippen LogP contribution in [0.3, 0.4) is 0 Å². The van der Waals surface area contributed by atoms with Crippen LogP contribution in [0, 0.1) is 0 Å². The van der Waals surface area contributed by atoms with Crippen molar-refractivity contribution in [3.63, 3.8) is 0 Å². The van der Waals surface area contributed by atoms with Crippen molar-refractivity contribution >= 4 is 44.5 Å². The average molecular weight is 284 g/mol. The molecule has 0 bridgehead atoms. The number of carbonyl (C=O) groups is 1. The zero-order valence-corrected chi connectivity index (χ0v) is 11.3. The number of fused-ring (bicyclic) bond motifs is 1. The van der Waals surface area contributed by atoms with Crippen LogP contribution in [0.2, 0.25) is 0 Å². The monoisotopic (exact) mass is 284 g/mol. The number of nitrogens with two attached hydrogens (primary N) is 2. The van der Waals surface area contributed by atoms with Crippen LogP contribution in [0.5, 0.6) is 0 Å². The maximum Gasteiger partial charge on any atom is 0.257 e. The quantitative estimate of drug-likeness (QED) is 0.631. The lowest BCUT2D eigenvalue weighted by atomic mass is 10.1. The third kappa shape index (κ3) is 2.28. The zero-order chi connectivity index (χ0) is 14.1. The first-order valence-electron chi connectivity index (χ1n) is 5.93. The molecule has 1 amide bonds. The minimum atomic E-state index is -0.258. The lowest BCUT2D eigenvalue weighted by Crippen LogP contribution is -2.14. The molecule has 0 aliphatic heterocycles. The Morgan fingerprint density at radius 2 is 2.00 bits per heavy atom. The lowest BCUT2D eigenvalue weighted by Gasteiger charge is -2.08. The van der Waals surface area contributed by atoms with Crippen LogP contribution in [0.4, 0.5) is 17.1 Å². The van der Waals surface area contributed by atoms with E-state index in [4.69, 9.17) is 11.5 Å². The molecule has 3 rings (SSSR count). The Morgan fingerprint density at radius 3 is 2.80 bits per heavy atom. The molecule has 0 radical (unpaired) electrons. The Hall–Kier alpha value is -2.60. The molecule has 1 aromatic heterocycles. The van der Waals surface area contributed by atoms with Crippen molar-refractivity contribution in [1.82, 2.24) is 4.98 Å². The van der Waals surface area contributed by atoms with Gasteiger partial charge >= 0.3 is 0 Å². The molecular formula is C14H12N4OS. The van der Waals surface area contributed by atoms with E-state index in [-0.39, 0.29) is 5.91 Å². The number of hydrogen-bond acceptors (Lipinski definition) is 5. The van der Waals surface area contributed by atoms with E-state index in [1.807, 2.05) is 18.2 Å². The molecule has 5 N–H and O–H groups in total. The first-order chi connectivity index (χ1) is 9.63. The molecule has 0 unspecified atom stereocenters. The van der Waals surface area contributed by atoms with Crippen LogP contribution < -0.4 is 16.8 Å². The number of hydrogen-bond donors (Lipinski definition) is 3. The minimum Gasteiger partial charge on any atom is -0.399 e. The van der Waals surface area contributed by atoms with E-state index in [9.17, 15) is 4.79 Å². The zero-order valence-electron chi connectivity index (χ0n) is 10.5. The van der Waals surface area contributed by atoms with Crippen LogP contribution in [0.25, 0.3) is 10.2 Å². The van der Waals surface area contributed by atoms with E-state index >= 15 is 0 Å². The van der Waals surface area contributed by atoms with Crippen LogP contribution >= 0.6 is 11.3 Å². The van der Waals surface area contributed by atoms with Crippen molar-refractivity contribution in [2.24, 2.45) is 0 Å². The number of amides is 1. The molecule has 0 aliphatic rings.